The summed E-state index contributed by atoms with van der Waals surface area (Å²) in [6.07, 6.45) is 0. The highest BCUT2D eigenvalue weighted by Crippen LogP contribution is 2.18. The molecule has 0 spiro atoms. The fraction of sp³-hybridized carbons (Fsp3) is 0.143. The Morgan fingerprint density at radius 3 is 2.54 bits per heavy atom. The molecule has 0 saturated heterocycles. The summed E-state index contributed by atoms with van der Waals surface area (Å²) in [7, 11) is 1.32. The van der Waals surface area contributed by atoms with Gasteiger partial charge in [-0.05, 0) is 42.5 Å². The fourth-order valence-electron chi connectivity index (χ4n) is 2.36. The number of para-hydroxylation sites is 1. The third-order valence-electron chi connectivity index (χ3n) is 3.80. The van der Waals surface area contributed by atoms with Gasteiger partial charge in [0.1, 0.15) is 18.1 Å². The van der Waals surface area contributed by atoms with Crippen LogP contribution in [0.15, 0.2) is 65.1 Å². The van der Waals surface area contributed by atoms with Gasteiger partial charge in [0.2, 0.25) is 5.76 Å². The minimum Gasteiger partial charge on any atom is -0.494 e. The van der Waals surface area contributed by atoms with Crippen molar-refractivity contribution in [2.45, 2.75) is 6.61 Å². The van der Waals surface area contributed by atoms with Crippen molar-refractivity contribution in [1.82, 2.24) is 0 Å². The molecule has 0 aliphatic rings. The summed E-state index contributed by atoms with van der Waals surface area (Å²) in [5.74, 6) is -0.953. The molecule has 0 unspecified atom stereocenters. The van der Waals surface area contributed by atoms with E-state index in [2.05, 4.69) is 0 Å². The predicted octanol–water partition coefficient (Wildman–Crippen LogP) is 4.05. The van der Waals surface area contributed by atoms with Gasteiger partial charge in [0.15, 0.2) is 24.0 Å². The van der Waals surface area contributed by atoms with Gasteiger partial charge >= 0.3 is 5.97 Å². The standard InChI is InChI=1S/C21H17FO6/c1-25-19-9-7-14(11-17(19)22)18(23)13-27-21(24)20-10-8-16(28-20)12-26-15-5-3-2-4-6-15/h2-11H,12-13H2,1H3. The Morgan fingerprint density at radius 2 is 1.82 bits per heavy atom. The smallest absolute Gasteiger partial charge is 0.374 e. The van der Waals surface area contributed by atoms with Crippen molar-refractivity contribution < 1.29 is 32.6 Å². The molecule has 0 radical (unpaired) electrons. The van der Waals surface area contributed by atoms with Gasteiger partial charge in [-0.2, -0.15) is 0 Å². The first-order chi connectivity index (χ1) is 13.6. The fourth-order valence-corrected chi connectivity index (χ4v) is 2.36. The number of benzene rings is 2. The van der Waals surface area contributed by atoms with E-state index in [1.807, 2.05) is 18.2 Å². The lowest BCUT2D eigenvalue weighted by molar-refractivity contribution is 0.0440. The third kappa shape index (κ3) is 4.76. The number of ether oxygens (including phenoxy) is 3. The van der Waals surface area contributed by atoms with Crippen LogP contribution < -0.4 is 9.47 Å². The number of carbonyl (C=O) groups excluding carboxylic acids is 2. The Morgan fingerprint density at radius 1 is 1.04 bits per heavy atom. The van der Waals surface area contributed by atoms with Gasteiger partial charge in [-0.15, -0.1) is 0 Å². The lowest BCUT2D eigenvalue weighted by Crippen LogP contribution is -2.14. The van der Waals surface area contributed by atoms with E-state index in [9.17, 15) is 14.0 Å². The maximum atomic E-state index is 13.7. The number of rotatable bonds is 8. The highest BCUT2D eigenvalue weighted by Gasteiger charge is 2.17. The largest absolute Gasteiger partial charge is 0.494 e. The molecule has 1 heterocycles. The van der Waals surface area contributed by atoms with Crippen molar-refractivity contribution in [3.63, 3.8) is 0 Å². The maximum absolute atomic E-state index is 13.7. The van der Waals surface area contributed by atoms with E-state index in [1.54, 1.807) is 18.2 Å². The summed E-state index contributed by atoms with van der Waals surface area (Å²) in [4.78, 5) is 24.1. The van der Waals surface area contributed by atoms with Crippen LogP contribution in [-0.2, 0) is 11.3 Å². The Bertz CT molecular complexity index is 964. The van der Waals surface area contributed by atoms with Crippen LogP contribution in [0.3, 0.4) is 0 Å². The Labute approximate surface area is 160 Å². The minimum atomic E-state index is -0.798. The first-order valence-corrected chi connectivity index (χ1v) is 8.37. The first-order valence-electron chi connectivity index (χ1n) is 8.37. The van der Waals surface area contributed by atoms with Crippen LogP contribution in [0, 0.1) is 5.82 Å². The molecule has 144 valence electrons. The van der Waals surface area contributed by atoms with E-state index in [0.29, 0.717) is 11.5 Å². The molecule has 0 saturated carbocycles. The van der Waals surface area contributed by atoms with E-state index in [0.717, 1.165) is 6.07 Å². The number of hydrogen-bond acceptors (Lipinski definition) is 6. The van der Waals surface area contributed by atoms with Crippen LogP contribution in [0.2, 0.25) is 0 Å². The van der Waals surface area contributed by atoms with Crippen molar-refractivity contribution in [1.29, 1.82) is 0 Å². The Hall–Kier alpha value is -3.61. The molecule has 0 aliphatic heterocycles. The normalized spacial score (nSPS) is 10.4. The van der Waals surface area contributed by atoms with Crippen LogP contribution in [0.1, 0.15) is 26.7 Å². The summed E-state index contributed by atoms with van der Waals surface area (Å²) < 4.78 is 34.3. The topological polar surface area (TPSA) is 75.0 Å². The average molecular weight is 384 g/mol. The molecule has 1 aromatic heterocycles. The molecule has 2 aromatic carbocycles. The summed E-state index contributed by atoms with van der Waals surface area (Å²) >= 11 is 0. The number of esters is 1. The molecular formula is C21H17FO6. The van der Waals surface area contributed by atoms with E-state index in [4.69, 9.17) is 18.6 Å². The van der Waals surface area contributed by atoms with E-state index in [1.165, 1.54) is 25.3 Å². The molecule has 28 heavy (non-hydrogen) atoms. The lowest BCUT2D eigenvalue weighted by Gasteiger charge is -2.05. The van der Waals surface area contributed by atoms with Gasteiger partial charge < -0.3 is 18.6 Å². The number of Topliss-reactive ketones (excluding diaryl/α,β-unsaturated/α-hetero) is 1. The second-order valence-corrected chi connectivity index (χ2v) is 5.72. The molecule has 0 N–H and O–H groups in total. The number of methoxy groups -OCH3 is 1. The molecule has 0 amide bonds. The predicted molar refractivity (Wildman–Crippen MR) is 97.0 cm³/mol. The number of hydrogen-bond donors (Lipinski definition) is 0. The SMILES string of the molecule is COc1ccc(C(=O)COC(=O)c2ccc(COc3ccccc3)o2)cc1F. The van der Waals surface area contributed by atoms with Crippen LogP contribution in [0.5, 0.6) is 11.5 Å². The minimum absolute atomic E-state index is 0.0226. The lowest BCUT2D eigenvalue weighted by atomic mass is 10.1. The van der Waals surface area contributed by atoms with E-state index < -0.39 is 24.2 Å². The second-order valence-electron chi connectivity index (χ2n) is 5.72. The van der Waals surface area contributed by atoms with Crippen molar-refractivity contribution in [2.75, 3.05) is 13.7 Å². The molecule has 3 aromatic rings. The summed E-state index contributed by atoms with van der Waals surface area (Å²) in [5.41, 5.74) is 0.0718. The summed E-state index contributed by atoms with van der Waals surface area (Å²) in [5, 5.41) is 0. The summed E-state index contributed by atoms with van der Waals surface area (Å²) in [6, 6.07) is 15.9. The molecule has 0 fully saturated rings. The van der Waals surface area contributed by atoms with Crippen LogP contribution in [-0.4, -0.2) is 25.5 Å². The zero-order chi connectivity index (χ0) is 19.9. The molecule has 0 bridgehead atoms. The molecular weight excluding hydrogens is 367 g/mol. The van der Waals surface area contributed by atoms with Gasteiger partial charge in [0.25, 0.3) is 0 Å². The van der Waals surface area contributed by atoms with Gasteiger partial charge in [-0.25, -0.2) is 9.18 Å². The zero-order valence-electron chi connectivity index (χ0n) is 15.0. The van der Waals surface area contributed by atoms with Gasteiger partial charge in [0, 0.05) is 5.56 Å². The quantitative estimate of drug-likeness (QED) is 0.431. The number of furan rings is 1. The molecule has 0 aliphatic carbocycles. The molecule has 0 atom stereocenters. The van der Waals surface area contributed by atoms with Gasteiger partial charge in [0.05, 0.1) is 7.11 Å². The van der Waals surface area contributed by atoms with Gasteiger partial charge in [-0.1, -0.05) is 18.2 Å². The van der Waals surface area contributed by atoms with E-state index >= 15 is 0 Å². The average Bonchev–Trinajstić information content (AvgIpc) is 3.20. The molecule has 6 nitrogen and oxygen atoms in total. The van der Waals surface area contributed by atoms with Crippen molar-refractivity contribution in [3.05, 3.63) is 83.6 Å². The number of carbonyl (C=O) groups is 2. The molecule has 3 rings (SSSR count). The third-order valence-corrected chi connectivity index (χ3v) is 3.80. The van der Waals surface area contributed by atoms with Crippen LogP contribution in [0.25, 0.3) is 0 Å². The van der Waals surface area contributed by atoms with Crippen LogP contribution >= 0.6 is 0 Å². The van der Waals surface area contributed by atoms with Crippen molar-refractivity contribution >= 4 is 11.8 Å². The van der Waals surface area contributed by atoms with E-state index in [-0.39, 0.29) is 23.7 Å². The Kier molecular flexibility index (Phi) is 6.06. The number of halogens is 1. The monoisotopic (exact) mass is 384 g/mol. The van der Waals surface area contributed by atoms with Gasteiger partial charge in [-0.3, -0.25) is 4.79 Å². The Balaban J connectivity index is 1.53. The molecule has 7 heteroatoms. The second kappa shape index (κ2) is 8.85. The summed E-state index contributed by atoms with van der Waals surface area (Å²) in [6.45, 7) is -0.400. The highest BCUT2D eigenvalue weighted by atomic mass is 19.1. The number of ketones is 1. The highest BCUT2D eigenvalue weighted by molar-refractivity contribution is 5.99. The van der Waals surface area contributed by atoms with Crippen LogP contribution in [0.4, 0.5) is 4.39 Å². The maximum Gasteiger partial charge on any atom is 0.374 e. The zero-order valence-corrected chi connectivity index (χ0v) is 15.0. The van der Waals surface area contributed by atoms with Crippen molar-refractivity contribution in [2.24, 2.45) is 0 Å². The van der Waals surface area contributed by atoms with Crippen molar-refractivity contribution in [3.8, 4) is 11.5 Å². The first kappa shape index (κ1) is 19.2.